The van der Waals surface area contributed by atoms with E-state index in [0.29, 0.717) is 6.61 Å². The molecule has 4 rings (SSSR count). The number of aryl methyl sites for hydroxylation is 1. The molecule has 0 aliphatic rings. The first-order chi connectivity index (χ1) is 11.3. The number of benzene rings is 3. The van der Waals surface area contributed by atoms with Crippen molar-refractivity contribution >= 4 is 21.8 Å². The molecule has 0 aliphatic carbocycles. The van der Waals surface area contributed by atoms with E-state index in [1.807, 2.05) is 12.1 Å². The first-order valence-electron chi connectivity index (χ1n) is 7.96. The third kappa shape index (κ3) is 2.55. The number of imidazole rings is 1. The lowest BCUT2D eigenvalue weighted by Crippen LogP contribution is -2.36. The maximum atomic E-state index is 6.02. The van der Waals surface area contributed by atoms with Gasteiger partial charge in [0.15, 0.2) is 17.6 Å². The van der Waals surface area contributed by atoms with E-state index in [-0.39, 0.29) is 0 Å². The predicted octanol–water partition coefficient (Wildman–Crippen LogP) is 4.21. The molecular formula is C20H19N2O+. The van der Waals surface area contributed by atoms with Crippen molar-refractivity contribution in [1.29, 1.82) is 0 Å². The van der Waals surface area contributed by atoms with Crippen molar-refractivity contribution in [3.05, 3.63) is 72.6 Å². The van der Waals surface area contributed by atoms with Gasteiger partial charge in [0, 0.05) is 0 Å². The average molecular weight is 303 g/mol. The molecule has 3 aromatic carbocycles. The number of H-pyrrole nitrogens is 1. The number of rotatable bonds is 4. The van der Waals surface area contributed by atoms with Gasteiger partial charge in [-0.05, 0) is 42.0 Å². The molecule has 4 aromatic rings. The Labute approximate surface area is 135 Å². The number of para-hydroxylation sites is 2. The predicted molar refractivity (Wildman–Crippen MR) is 92.4 cm³/mol. The Morgan fingerprint density at radius 2 is 1.70 bits per heavy atom. The van der Waals surface area contributed by atoms with Crippen LogP contribution in [0.1, 0.15) is 12.7 Å². The fourth-order valence-electron chi connectivity index (χ4n) is 3.07. The summed E-state index contributed by atoms with van der Waals surface area (Å²) >= 11 is 0. The molecule has 1 N–H and O–H groups in total. The van der Waals surface area contributed by atoms with Gasteiger partial charge >= 0.3 is 0 Å². The van der Waals surface area contributed by atoms with Crippen LogP contribution < -0.4 is 9.30 Å². The van der Waals surface area contributed by atoms with Crippen LogP contribution in [0.25, 0.3) is 21.8 Å². The fraction of sp³-hybridized carbons (Fsp3) is 0.150. The maximum Gasteiger partial charge on any atom is 0.293 e. The third-order valence-corrected chi connectivity index (χ3v) is 4.21. The van der Waals surface area contributed by atoms with Gasteiger partial charge in [0.05, 0.1) is 6.54 Å². The monoisotopic (exact) mass is 303 g/mol. The lowest BCUT2D eigenvalue weighted by molar-refractivity contribution is -0.676. The molecule has 0 saturated carbocycles. The molecule has 114 valence electrons. The van der Waals surface area contributed by atoms with E-state index in [1.54, 1.807) is 0 Å². The molecule has 0 atom stereocenters. The molecule has 0 radical (unpaired) electrons. The Kier molecular flexibility index (Phi) is 3.46. The molecule has 0 saturated heterocycles. The number of hydrogen-bond donors (Lipinski definition) is 1. The number of ether oxygens (including phenoxy) is 1. The van der Waals surface area contributed by atoms with E-state index < -0.39 is 0 Å². The summed E-state index contributed by atoms with van der Waals surface area (Å²) in [7, 11) is 0. The maximum absolute atomic E-state index is 6.02. The quantitative estimate of drug-likeness (QED) is 0.562. The summed E-state index contributed by atoms with van der Waals surface area (Å²) in [5.41, 5.74) is 2.36. The molecule has 1 aromatic heterocycles. The van der Waals surface area contributed by atoms with Crippen LogP contribution in [0.5, 0.6) is 5.75 Å². The molecule has 0 bridgehead atoms. The molecule has 3 nitrogen and oxygen atoms in total. The highest BCUT2D eigenvalue weighted by molar-refractivity contribution is 5.83. The van der Waals surface area contributed by atoms with E-state index >= 15 is 0 Å². The zero-order valence-electron chi connectivity index (χ0n) is 13.1. The molecule has 23 heavy (non-hydrogen) atoms. The van der Waals surface area contributed by atoms with Gasteiger partial charge in [0.2, 0.25) is 0 Å². The number of hydrogen-bond acceptors (Lipinski definition) is 1. The minimum absolute atomic E-state index is 0.529. The molecule has 0 unspecified atom stereocenters. The molecule has 0 amide bonds. The van der Waals surface area contributed by atoms with Crippen molar-refractivity contribution in [1.82, 2.24) is 4.98 Å². The Balaban J connectivity index is 1.62. The summed E-state index contributed by atoms with van der Waals surface area (Å²) in [4.78, 5) is 3.46. The summed E-state index contributed by atoms with van der Waals surface area (Å²) < 4.78 is 8.28. The number of nitrogens with zero attached hydrogens (tertiary/aromatic N) is 1. The number of fused-ring (bicyclic) bond motifs is 2. The van der Waals surface area contributed by atoms with Crippen molar-refractivity contribution < 1.29 is 9.30 Å². The highest BCUT2D eigenvalue weighted by Gasteiger charge is 2.17. The Morgan fingerprint density at radius 1 is 0.913 bits per heavy atom. The topological polar surface area (TPSA) is 28.9 Å². The van der Waals surface area contributed by atoms with E-state index in [2.05, 4.69) is 71.1 Å². The van der Waals surface area contributed by atoms with Gasteiger partial charge < -0.3 is 4.74 Å². The SMILES string of the molecule is CC[n+]1c(COc2ccc3ccccc3c2)[nH]c2ccccc21. The van der Waals surface area contributed by atoms with Crippen molar-refractivity contribution in [2.45, 2.75) is 20.1 Å². The van der Waals surface area contributed by atoms with Crippen LogP contribution in [-0.2, 0) is 13.2 Å². The fourth-order valence-corrected chi connectivity index (χ4v) is 3.07. The van der Waals surface area contributed by atoms with E-state index in [0.717, 1.165) is 23.6 Å². The molecular weight excluding hydrogens is 284 g/mol. The highest BCUT2D eigenvalue weighted by Crippen LogP contribution is 2.21. The van der Waals surface area contributed by atoms with Crippen LogP contribution in [0, 0.1) is 0 Å². The van der Waals surface area contributed by atoms with Crippen LogP contribution in [0.15, 0.2) is 66.7 Å². The van der Waals surface area contributed by atoms with Crippen molar-refractivity contribution in [2.24, 2.45) is 0 Å². The summed E-state index contributed by atoms with van der Waals surface area (Å²) in [6.07, 6.45) is 0. The van der Waals surface area contributed by atoms with E-state index in [4.69, 9.17) is 4.74 Å². The standard InChI is InChI=1S/C20H18N2O/c1-2-22-19-10-6-5-9-18(19)21-20(22)14-23-17-12-11-15-7-3-4-8-16(15)13-17/h3-13H,2,14H2,1H3/p+1. The molecule has 0 spiro atoms. The molecule has 3 heteroatoms. The van der Waals surface area contributed by atoms with Crippen molar-refractivity contribution in [3.8, 4) is 5.75 Å². The largest absolute Gasteiger partial charge is 0.481 e. The van der Waals surface area contributed by atoms with Crippen molar-refractivity contribution in [3.63, 3.8) is 0 Å². The van der Waals surface area contributed by atoms with E-state index in [1.165, 1.54) is 16.3 Å². The summed E-state index contributed by atoms with van der Waals surface area (Å²) in [6, 6.07) is 22.9. The number of aromatic amines is 1. The van der Waals surface area contributed by atoms with E-state index in [9.17, 15) is 0 Å². The van der Waals surface area contributed by atoms with Crippen LogP contribution >= 0.6 is 0 Å². The normalized spacial score (nSPS) is 11.2. The number of nitrogens with one attached hydrogen (secondary N) is 1. The van der Waals surface area contributed by atoms with Crippen LogP contribution in [0.4, 0.5) is 0 Å². The van der Waals surface area contributed by atoms with Gasteiger partial charge in [-0.15, -0.1) is 0 Å². The molecule has 0 fully saturated rings. The van der Waals surface area contributed by atoms with Crippen LogP contribution in [0.2, 0.25) is 0 Å². The second-order valence-electron chi connectivity index (χ2n) is 5.63. The van der Waals surface area contributed by atoms with Gasteiger partial charge in [0.1, 0.15) is 5.75 Å². The zero-order valence-corrected chi connectivity index (χ0v) is 13.1. The average Bonchev–Trinajstić information content (AvgIpc) is 2.97. The highest BCUT2D eigenvalue weighted by atomic mass is 16.5. The summed E-state index contributed by atoms with van der Waals surface area (Å²) in [5.74, 6) is 1.98. The minimum Gasteiger partial charge on any atom is -0.481 e. The van der Waals surface area contributed by atoms with Crippen LogP contribution in [-0.4, -0.2) is 4.98 Å². The minimum atomic E-state index is 0.529. The Bertz CT molecular complexity index is 972. The Hall–Kier alpha value is -2.81. The first-order valence-corrected chi connectivity index (χ1v) is 7.96. The van der Waals surface area contributed by atoms with Gasteiger partial charge in [-0.25, -0.2) is 9.55 Å². The van der Waals surface area contributed by atoms with Crippen molar-refractivity contribution in [2.75, 3.05) is 0 Å². The summed E-state index contributed by atoms with van der Waals surface area (Å²) in [5, 5.41) is 2.43. The number of aromatic nitrogens is 2. The lowest BCUT2D eigenvalue weighted by atomic mass is 10.1. The van der Waals surface area contributed by atoms with Gasteiger partial charge in [0.25, 0.3) is 5.82 Å². The second-order valence-corrected chi connectivity index (χ2v) is 5.63. The third-order valence-electron chi connectivity index (χ3n) is 4.21. The van der Waals surface area contributed by atoms with Crippen LogP contribution in [0.3, 0.4) is 0 Å². The first kappa shape index (κ1) is 13.8. The lowest BCUT2D eigenvalue weighted by Gasteiger charge is -2.05. The second kappa shape index (κ2) is 5.76. The van der Waals surface area contributed by atoms with Gasteiger partial charge in [-0.2, -0.15) is 0 Å². The van der Waals surface area contributed by atoms with Gasteiger partial charge in [-0.1, -0.05) is 42.5 Å². The molecule has 0 aliphatic heterocycles. The summed E-state index contributed by atoms with van der Waals surface area (Å²) in [6.45, 7) is 3.60. The Morgan fingerprint density at radius 3 is 2.57 bits per heavy atom. The molecule has 1 heterocycles. The van der Waals surface area contributed by atoms with Gasteiger partial charge in [-0.3, -0.25) is 0 Å². The zero-order chi connectivity index (χ0) is 15.6. The smallest absolute Gasteiger partial charge is 0.293 e.